The highest BCUT2D eigenvalue weighted by molar-refractivity contribution is 5.92. The number of rotatable bonds is 4. The van der Waals surface area contributed by atoms with Gasteiger partial charge in [0.2, 0.25) is 5.91 Å². The van der Waals surface area contributed by atoms with Gasteiger partial charge in [-0.25, -0.2) is 4.79 Å². The van der Waals surface area contributed by atoms with Gasteiger partial charge in [0.1, 0.15) is 11.4 Å². The van der Waals surface area contributed by atoms with E-state index < -0.39 is 5.60 Å². The normalized spacial score (nSPS) is 15.7. The van der Waals surface area contributed by atoms with Crippen LogP contribution in [0.15, 0.2) is 24.3 Å². The fourth-order valence-corrected chi connectivity index (χ4v) is 2.78. The maximum absolute atomic E-state index is 12.5. The summed E-state index contributed by atoms with van der Waals surface area (Å²) < 4.78 is 11.0. The summed E-state index contributed by atoms with van der Waals surface area (Å²) in [5.41, 5.74) is 0.247. The van der Waals surface area contributed by atoms with E-state index in [0.717, 1.165) is 11.4 Å². The Morgan fingerprint density at radius 1 is 1.12 bits per heavy atom. The standard InChI is InChI=1S/C20H30N2O4/c1-14(2)25-17-8-6-16(7-9-17)21-18(23)15-10-12-22(13-11-15)19(24)26-20(3,4)5/h6-9,14-15H,10-13H2,1-5H3,(H,21,23). The molecule has 0 bridgehead atoms. The van der Waals surface area contributed by atoms with Crippen molar-refractivity contribution >= 4 is 17.7 Å². The first kappa shape index (κ1) is 20.1. The Hall–Kier alpha value is -2.24. The zero-order valence-corrected chi connectivity index (χ0v) is 16.4. The number of piperidine rings is 1. The second kappa shape index (κ2) is 8.43. The van der Waals surface area contributed by atoms with Crippen LogP contribution in [0.5, 0.6) is 5.75 Å². The first-order chi connectivity index (χ1) is 12.1. The zero-order valence-electron chi connectivity index (χ0n) is 16.4. The van der Waals surface area contributed by atoms with E-state index in [-0.39, 0.29) is 24.0 Å². The molecule has 6 heteroatoms. The van der Waals surface area contributed by atoms with Crippen LogP contribution in [-0.2, 0) is 9.53 Å². The largest absolute Gasteiger partial charge is 0.491 e. The molecule has 1 aromatic carbocycles. The Bertz CT molecular complexity index is 612. The number of anilines is 1. The maximum atomic E-state index is 12.5. The van der Waals surface area contributed by atoms with E-state index in [0.29, 0.717) is 25.9 Å². The fourth-order valence-electron chi connectivity index (χ4n) is 2.78. The first-order valence-corrected chi connectivity index (χ1v) is 9.19. The highest BCUT2D eigenvalue weighted by atomic mass is 16.6. The molecule has 0 atom stereocenters. The number of carbonyl (C=O) groups excluding carboxylic acids is 2. The molecule has 2 rings (SSSR count). The lowest BCUT2D eigenvalue weighted by Crippen LogP contribution is -2.43. The average Bonchev–Trinajstić information content (AvgIpc) is 2.55. The minimum atomic E-state index is -0.503. The number of ether oxygens (including phenoxy) is 2. The zero-order chi connectivity index (χ0) is 19.3. The molecule has 1 fully saturated rings. The number of hydrogen-bond acceptors (Lipinski definition) is 4. The van der Waals surface area contributed by atoms with Crippen molar-refractivity contribution in [2.24, 2.45) is 5.92 Å². The van der Waals surface area contributed by atoms with Gasteiger partial charge >= 0.3 is 6.09 Å². The minimum absolute atomic E-state index is 0.00799. The molecule has 26 heavy (non-hydrogen) atoms. The van der Waals surface area contributed by atoms with Gasteiger partial charge < -0.3 is 19.7 Å². The van der Waals surface area contributed by atoms with Crippen molar-refractivity contribution in [1.82, 2.24) is 4.90 Å². The SMILES string of the molecule is CC(C)Oc1ccc(NC(=O)C2CCN(C(=O)OC(C)(C)C)CC2)cc1. The van der Waals surface area contributed by atoms with Crippen molar-refractivity contribution in [3.8, 4) is 5.75 Å². The Morgan fingerprint density at radius 3 is 2.19 bits per heavy atom. The van der Waals surface area contributed by atoms with Gasteiger partial charge in [0, 0.05) is 24.7 Å². The molecular weight excluding hydrogens is 332 g/mol. The number of hydrogen-bond donors (Lipinski definition) is 1. The van der Waals surface area contributed by atoms with Crippen LogP contribution in [0.25, 0.3) is 0 Å². The Labute approximate surface area is 155 Å². The van der Waals surface area contributed by atoms with Crippen LogP contribution in [0.2, 0.25) is 0 Å². The maximum Gasteiger partial charge on any atom is 0.410 e. The van der Waals surface area contributed by atoms with E-state index in [1.54, 1.807) is 4.90 Å². The van der Waals surface area contributed by atoms with Crippen LogP contribution in [0.4, 0.5) is 10.5 Å². The number of nitrogens with one attached hydrogen (secondary N) is 1. The van der Waals surface area contributed by atoms with Crippen molar-refractivity contribution < 1.29 is 19.1 Å². The number of amides is 2. The second-order valence-electron chi connectivity index (χ2n) is 7.92. The van der Waals surface area contributed by atoms with Crippen molar-refractivity contribution in [1.29, 1.82) is 0 Å². The minimum Gasteiger partial charge on any atom is -0.491 e. The summed E-state index contributed by atoms with van der Waals surface area (Å²) in [6.45, 7) is 10.6. The van der Waals surface area contributed by atoms with E-state index in [9.17, 15) is 9.59 Å². The molecule has 0 saturated carbocycles. The molecule has 2 amide bonds. The topological polar surface area (TPSA) is 67.9 Å². The Morgan fingerprint density at radius 2 is 1.69 bits per heavy atom. The molecule has 0 radical (unpaired) electrons. The molecule has 1 N–H and O–H groups in total. The molecule has 1 aromatic rings. The second-order valence-corrected chi connectivity index (χ2v) is 7.92. The fraction of sp³-hybridized carbons (Fsp3) is 0.600. The van der Waals surface area contributed by atoms with Gasteiger partial charge in [0.15, 0.2) is 0 Å². The number of nitrogens with zero attached hydrogens (tertiary/aromatic N) is 1. The van der Waals surface area contributed by atoms with E-state index in [2.05, 4.69) is 5.32 Å². The summed E-state index contributed by atoms with van der Waals surface area (Å²) >= 11 is 0. The van der Waals surface area contributed by atoms with Gasteiger partial charge in [-0.3, -0.25) is 4.79 Å². The summed E-state index contributed by atoms with van der Waals surface area (Å²) in [5.74, 6) is 0.676. The molecule has 1 aliphatic heterocycles. The van der Waals surface area contributed by atoms with Crippen LogP contribution < -0.4 is 10.1 Å². The molecule has 1 saturated heterocycles. The van der Waals surface area contributed by atoms with Crippen LogP contribution in [0.1, 0.15) is 47.5 Å². The van der Waals surface area contributed by atoms with Gasteiger partial charge in [-0.05, 0) is 71.7 Å². The van der Waals surface area contributed by atoms with Gasteiger partial charge in [-0.15, -0.1) is 0 Å². The third-order valence-corrected chi connectivity index (χ3v) is 4.01. The third kappa shape index (κ3) is 6.24. The van der Waals surface area contributed by atoms with E-state index >= 15 is 0 Å². The lowest BCUT2D eigenvalue weighted by atomic mass is 9.96. The molecule has 1 heterocycles. The molecule has 6 nitrogen and oxygen atoms in total. The van der Waals surface area contributed by atoms with E-state index in [1.165, 1.54) is 0 Å². The number of carbonyl (C=O) groups is 2. The number of likely N-dealkylation sites (tertiary alicyclic amines) is 1. The van der Waals surface area contributed by atoms with Crippen molar-refractivity contribution in [3.63, 3.8) is 0 Å². The monoisotopic (exact) mass is 362 g/mol. The van der Waals surface area contributed by atoms with Gasteiger partial charge in [0.05, 0.1) is 6.10 Å². The van der Waals surface area contributed by atoms with Crippen molar-refractivity contribution in [2.75, 3.05) is 18.4 Å². The van der Waals surface area contributed by atoms with Crippen LogP contribution >= 0.6 is 0 Å². The van der Waals surface area contributed by atoms with E-state index in [1.807, 2.05) is 58.9 Å². The highest BCUT2D eigenvalue weighted by Crippen LogP contribution is 2.22. The Balaban J connectivity index is 1.82. The summed E-state index contributed by atoms with van der Waals surface area (Å²) in [4.78, 5) is 26.2. The average molecular weight is 362 g/mol. The van der Waals surface area contributed by atoms with Crippen LogP contribution in [0.3, 0.4) is 0 Å². The molecule has 0 aromatic heterocycles. The quantitative estimate of drug-likeness (QED) is 0.877. The Kier molecular flexibility index (Phi) is 6.51. The lowest BCUT2D eigenvalue weighted by Gasteiger charge is -2.32. The lowest BCUT2D eigenvalue weighted by molar-refractivity contribution is -0.121. The summed E-state index contributed by atoms with van der Waals surface area (Å²) in [6, 6.07) is 7.37. The van der Waals surface area contributed by atoms with Gasteiger partial charge in [-0.1, -0.05) is 0 Å². The van der Waals surface area contributed by atoms with Gasteiger partial charge in [0.25, 0.3) is 0 Å². The summed E-state index contributed by atoms with van der Waals surface area (Å²) in [6.07, 6.45) is 1.09. The first-order valence-electron chi connectivity index (χ1n) is 9.19. The van der Waals surface area contributed by atoms with E-state index in [4.69, 9.17) is 9.47 Å². The predicted octanol–water partition coefficient (Wildman–Crippen LogP) is 4.06. The highest BCUT2D eigenvalue weighted by Gasteiger charge is 2.29. The molecule has 0 unspecified atom stereocenters. The summed E-state index contributed by atoms with van der Waals surface area (Å²) in [7, 11) is 0. The number of benzene rings is 1. The predicted molar refractivity (Wildman–Crippen MR) is 101 cm³/mol. The van der Waals surface area contributed by atoms with Crippen LogP contribution in [-0.4, -0.2) is 41.7 Å². The molecule has 1 aliphatic rings. The third-order valence-electron chi connectivity index (χ3n) is 4.01. The molecular formula is C20H30N2O4. The van der Waals surface area contributed by atoms with Crippen molar-refractivity contribution in [2.45, 2.75) is 59.2 Å². The molecule has 0 spiro atoms. The molecule has 144 valence electrons. The van der Waals surface area contributed by atoms with Gasteiger partial charge in [-0.2, -0.15) is 0 Å². The molecule has 0 aliphatic carbocycles. The van der Waals surface area contributed by atoms with Crippen molar-refractivity contribution in [3.05, 3.63) is 24.3 Å². The smallest absolute Gasteiger partial charge is 0.410 e. The van der Waals surface area contributed by atoms with Crippen LogP contribution in [0, 0.1) is 5.92 Å². The summed E-state index contributed by atoms with van der Waals surface area (Å²) in [5, 5.41) is 2.95.